The van der Waals surface area contributed by atoms with Crippen LogP contribution < -0.4 is 4.74 Å². The quantitative estimate of drug-likeness (QED) is 0.490. The van der Waals surface area contributed by atoms with Crippen molar-refractivity contribution in [2.24, 2.45) is 0 Å². The summed E-state index contributed by atoms with van der Waals surface area (Å²) in [5, 5.41) is 9.62. The topological polar surface area (TPSA) is 69.3 Å². The molecule has 1 aliphatic rings. The van der Waals surface area contributed by atoms with Gasteiger partial charge in [0.15, 0.2) is 5.79 Å². The maximum Gasteiger partial charge on any atom is 0.187 e. The Bertz CT molecular complexity index is 988. The SMILES string of the molecule is Cl.N#Cc1ccc(OCC2COC(CCc3ccc(Cl)cc3)(Cn3ccnc3)O2)cc1. The molecule has 1 saturated heterocycles. The number of ether oxygens (including phenoxy) is 3. The van der Waals surface area contributed by atoms with Crippen LogP contribution in [-0.2, 0) is 22.4 Å². The normalized spacial score (nSPS) is 20.1. The third kappa shape index (κ3) is 6.22. The van der Waals surface area contributed by atoms with Gasteiger partial charge in [-0.2, -0.15) is 5.26 Å². The summed E-state index contributed by atoms with van der Waals surface area (Å²) in [6.07, 6.45) is 6.71. The molecule has 2 heterocycles. The van der Waals surface area contributed by atoms with Gasteiger partial charge in [0.25, 0.3) is 0 Å². The summed E-state index contributed by atoms with van der Waals surface area (Å²) in [6, 6.07) is 17.0. The monoisotopic (exact) mass is 459 g/mol. The van der Waals surface area contributed by atoms with E-state index in [2.05, 4.69) is 11.1 Å². The Morgan fingerprint density at radius 3 is 2.65 bits per heavy atom. The lowest BCUT2D eigenvalue weighted by atomic mass is 10.0. The van der Waals surface area contributed by atoms with E-state index < -0.39 is 5.79 Å². The van der Waals surface area contributed by atoms with E-state index in [1.807, 2.05) is 35.0 Å². The molecule has 2 unspecified atom stereocenters. The van der Waals surface area contributed by atoms with Gasteiger partial charge < -0.3 is 18.8 Å². The highest BCUT2D eigenvalue weighted by Gasteiger charge is 2.42. The Morgan fingerprint density at radius 1 is 1.19 bits per heavy atom. The molecule has 0 N–H and O–H groups in total. The van der Waals surface area contributed by atoms with Crippen LogP contribution in [0.4, 0.5) is 0 Å². The van der Waals surface area contributed by atoms with Crippen LogP contribution in [0.25, 0.3) is 0 Å². The number of nitrogens with zero attached hydrogens (tertiary/aromatic N) is 3. The standard InChI is InChI=1S/C23H22ClN3O3.ClH/c24-20-5-1-18(2-6-20)9-10-23(16-27-12-11-26-17-27)29-15-22(30-23)14-28-21-7-3-19(13-25)4-8-21;/h1-8,11-12,17,22H,9-10,14-16H2;1H. The molecule has 1 fully saturated rings. The van der Waals surface area contributed by atoms with Gasteiger partial charge in [-0.3, -0.25) is 0 Å². The smallest absolute Gasteiger partial charge is 0.187 e. The molecule has 1 aromatic heterocycles. The lowest BCUT2D eigenvalue weighted by molar-refractivity contribution is -0.184. The van der Waals surface area contributed by atoms with Gasteiger partial charge in [0.2, 0.25) is 0 Å². The van der Waals surface area contributed by atoms with Crippen LogP contribution in [0.2, 0.25) is 5.02 Å². The van der Waals surface area contributed by atoms with Gasteiger partial charge in [-0.05, 0) is 48.4 Å². The van der Waals surface area contributed by atoms with Crippen molar-refractivity contribution < 1.29 is 14.2 Å². The summed E-state index contributed by atoms with van der Waals surface area (Å²) in [6.45, 7) is 1.37. The van der Waals surface area contributed by atoms with E-state index in [0.717, 1.165) is 11.4 Å². The van der Waals surface area contributed by atoms with Crippen LogP contribution in [-0.4, -0.2) is 34.7 Å². The first-order valence-electron chi connectivity index (χ1n) is 9.79. The third-order valence-corrected chi connectivity index (χ3v) is 5.28. The maximum atomic E-state index is 8.90. The highest BCUT2D eigenvalue weighted by Crippen LogP contribution is 2.31. The van der Waals surface area contributed by atoms with Crippen molar-refractivity contribution in [2.45, 2.75) is 31.3 Å². The first kappa shape index (κ1) is 23.1. The van der Waals surface area contributed by atoms with E-state index in [9.17, 15) is 0 Å². The van der Waals surface area contributed by atoms with E-state index in [1.54, 1.807) is 36.8 Å². The van der Waals surface area contributed by atoms with Gasteiger partial charge in [0, 0.05) is 23.8 Å². The third-order valence-electron chi connectivity index (χ3n) is 5.02. The fourth-order valence-electron chi connectivity index (χ4n) is 3.45. The Hall–Kier alpha value is -2.56. The molecule has 1 aliphatic heterocycles. The summed E-state index contributed by atoms with van der Waals surface area (Å²) in [5.41, 5.74) is 1.78. The number of hydrogen-bond donors (Lipinski definition) is 0. The first-order chi connectivity index (χ1) is 14.6. The fraction of sp³-hybridized carbons (Fsp3) is 0.304. The molecule has 8 heteroatoms. The molecule has 0 amide bonds. The summed E-state index contributed by atoms with van der Waals surface area (Å²) in [4.78, 5) is 4.12. The van der Waals surface area contributed by atoms with Crippen molar-refractivity contribution in [2.75, 3.05) is 13.2 Å². The van der Waals surface area contributed by atoms with Crippen molar-refractivity contribution in [3.8, 4) is 11.8 Å². The van der Waals surface area contributed by atoms with Gasteiger partial charge in [0.1, 0.15) is 18.5 Å². The molecule has 31 heavy (non-hydrogen) atoms. The summed E-state index contributed by atoms with van der Waals surface area (Å²) >= 11 is 5.99. The van der Waals surface area contributed by atoms with Gasteiger partial charge in [-0.25, -0.2) is 4.98 Å². The van der Waals surface area contributed by atoms with Gasteiger partial charge in [-0.1, -0.05) is 23.7 Å². The number of aromatic nitrogens is 2. The Labute approximate surface area is 192 Å². The average molecular weight is 460 g/mol. The first-order valence-corrected chi connectivity index (χ1v) is 10.2. The van der Waals surface area contributed by atoms with Crippen LogP contribution in [0.3, 0.4) is 0 Å². The summed E-state index contributed by atoms with van der Waals surface area (Å²) in [5.74, 6) is -0.0511. The minimum absolute atomic E-state index is 0. The van der Waals surface area contributed by atoms with E-state index in [-0.39, 0.29) is 18.5 Å². The zero-order valence-electron chi connectivity index (χ0n) is 16.8. The van der Waals surface area contributed by atoms with Crippen LogP contribution >= 0.6 is 24.0 Å². The molecule has 2 aromatic carbocycles. The van der Waals surface area contributed by atoms with Gasteiger partial charge >= 0.3 is 0 Å². The van der Waals surface area contributed by atoms with Crippen LogP contribution in [0, 0.1) is 11.3 Å². The van der Waals surface area contributed by atoms with E-state index >= 15 is 0 Å². The van der Waals surface area contributed by atoms with Crippen LogP contribution in [0.1, 0.15) is 17.5 Å². The molecule has 2 atom stereocenters. The number of rotatable bonds is 8. The average Bonchev–Trinajstić information content (AvgIpc) is 3.43. The van der Waals surface area contributed by atoms with Gasteiger partial charge in [-0.15, -0.1) is 12.4 Å². The number of nitriles is 1. The highest BCUT2D eigenvalue weighted by atomic mass is 35.5. The second kappa shape index (κ2) is 10.7. The zero-order chi connectivity index (χ0) is 20.8. The van der Waals surface area contributed by atoms with E-state index in [0.29, 0.717) is 37.5 Å². The van der Waals surface area contributed by atoms with E-state index in [4.69, 9.17) is 31.1 Å². The Morgan fingerprint density at radius 2 is 1.97 bits per heavy atom. The van der Waals surface area contributed by atoms with Gasteiger partial charge in [0.05, 0.1) is 31.1 Å². The van der Waals surface area contributed by atoms with Crippen LogP contribution in [0.15, 0.2) is 67.3 Å². The largest absolute Gasteiger partial charge is 0.491 e. The van der Waals surface area contributed by atoms with Crippen molar-refractivity contribution in [1.82, 2.24) is 9.55 Å². The molecule has 4 rings (SSSR count). The number of imidazole rings is 1. The molecule has 0 spiro atoms. The fourth-order valence-corrected chi connectivity index (χ4v) is 3.58. The molecule has 3 aromatic rings. The van der Waals surface area contributed by atoms with Crippen molar-refractivity contribution >= 4 is 24.0 Å². The Kier molecular flexibility index (Phi) is 7.94. The molecule has 6 nitrogen and oxygen atoms in total. The van der Waals surface area contributed by atoms with E-state index in [1.165, 1.54) is 5.56 Å². The van der Waals surface area contributed by atoms with Crippen molar-refractivity contribution in [3.63, 3.8) is 0 Å². The predicted octanol–water partition coefficient (Wildman–Crippen LogP) is 4.65. The number of halogens is 2. The molecular weight excluding hydrogens is 437 g/mol. The lowest BCUT2D eigenvalue weighted by Crippen LogP contribution is -2.37. The number of benzene rings is 2. The molecule has 162 valence electrons. The molecule has 0 saturated carbocycles. The number of hydrogen-bond acceptors (Lipinski definition) is 5. The Balaban J connectivity index is 0.00000272. The molecule has 0 bridgehead atoms. The van der Waals surface area contributed by atoms with Crippen molar-refractivity contribution in [3.05, 3.63) is 83.4 Å². The lowest BCUT2D eigenvalue weighted by Gasteiger charge is -2.28. The summed E-state index contributed by atoms with van der Waals surface area (Å²) < 4.78 is 20.3. The highest BCUT2D eigenvalue weighted by molar-refractivity contribution is 6.30. The maximum absolute atomic E-state index is 8.90. The second-order valence-electron chi connectivity index (χ2n) is 7.27. The van der Waals surface area contributed by atoms with Crippen molar-refractivity contribution in [1.29, 1.82) is 5.26 Å². The summed E-state index contributed by atoms with van der Waals surface area (Å²) in [7, 11) is 0. The molecule has 0 radical (unpaired) electrons. The molecular formula is C23H23Cl2N3O3. The second-order valence-corrected chi connectivity index (χ2v) is 7.71. The molecule has 0 aliphatic carbocycles. The minimum atomic E-state index is -0.751. The van der Waals surface area contributed by atoms with Crippen LogP contribution in [0.5, 0.6) is 5.75 Å². The zero-order valence-corrected chi connectivity index (χ0v) is 18.4. The number of aryl methyl sites for hydroxylation is 1. The minimum Gasteiger partial charge on any atom is -0.491 e. The predicted molar refractivity (Wildman–Crippen MR) is 119 cm³/mol.